The summed E-state index contributed by atoms with van der Waals surface area (Å²) in [7, 11) is 0. The Morgan fingerprint density at radius 1 is 1.53 bits per heavy atom. The predicted octanol–water partition coefficient (Wildman–Crippen LogP) is 1.49. The quantitative estimate of drug-likeness (QED) is 0.692. The maximum atomic E-state index is 10.9. The molecular formula is C12H20N2O2S. The van der Waals surface area contributed by atoms with Crippen LogP contribution < -0.4 is 11.1 Å². The lowest BCUT2D eigenvalue weighted by Crippen LogP contribution is -2.39. The topological polar surface area (TPSA) is 75.3 Å². The maximum absolute atomic E-state index is 10.9. The minimum absolute atomic E-state index is 0.397. The first-order valence-electron chi connectivity index (χ1n) is 5.81. The summed E-state index contributed by atoms with van der Waals surface area (Å²) in [6.07, 6.45) is 1.46. The van der Waals surface area contributed by atoms with Gasteiger partial charge in [-0.05, 0) is 18.9 Å². The molecule has 5 heteroatoms. The van der Waals surface area contributed by atoms with Gasteiger partial charge in [-0.3, -0.25) is 4.79 Å². The van der Waals surface area contributed by atoms with E-state index in [9.17, 15) is 9.90 Å². The first-order valence-corrected chi connectivity index (χ1v) is 6.69. The summed E-state index contributed by atoms with van der Waals surface area (Å²) in [5.41, 5.74) is 5.09. The van der Waals surface area contributed by atoms with Gasteiger partial charge in [-0.15, -0.1) is 11.3 Å². The van der Waals surface area contributed by atoms with E-state index in [1.165, 1.54) is 11.3 Å². The van der Waals surface area contributed by atoms with Crippen LogP contribution in [0.4, 0.5) is 0 Å². The first-order chi connectivity index (χ1) is 8.00. The highest BCUT2D eigenvalue weighted by molar-refractivity contribution is 7.10. The second-order valence-corrected chi connectivity index (χ2v) is 5.20. The van der Waals surface area contributed by atoms with Crippen molar-refractivity contribution in [2.24, 2.45) is 5.73 Å². The molecule has 1 amide bonds. The maximum Gasteiger partial charge on any atom is 0.249 e. The molecule has 1 aromatic rings. The molecule has 1 aromatic heterocycles. The third-order valence-electron chi connectivity index (χ3n) is 3.01. The average Bonchev–Trinajstić information content (AvgIpc) is 2.78. The number of hydrogen-bond acceptors (Lipinski definition) is 4. The molecule has 0 unspecified atom stereocenters. The van der Waals surface area contributed by atoms with Gasteiger partial charge in [0.1, 0.15) is 0 Å². The average molecular weight is 256 g/mol. The van der Waals surface area contributed by atoms with Crippen molar-refractivity contribution >= 4 is 17.2 Å². The molecule has 4 nitrogen and oxygen atoms in total. The molecule has 96 valence electrons. The van der Waals surface area contributed by atoms with Crippen LogP contribution in [0.5, 0.6) is 0 Å². The Bertz CT molecular complexity index is 372. The van der Waals surface area contributed by atoms with E-state index in [2.05, 4.69) is 5.32 Å². The number of rotatable bonds is 7. The number of carbonyl (C=O) groups is 1. The zero-order chi connectivity index (χ0) is 12.9. The lowest BCUT2D eigenvalue weighted by molar-refractivity contribution is 0.0323. The van der Waals surface area contributed by atoms with Crippen molar-refractivity contribution in [3.63, 3.8) is 0 Å². The van der Waals surface area contributed by atoms with E-state index >= 15 is 0 Å². The zero-order valence-corrected chi connectivity index (χ0v) is 11.1. The summed E-state index contributed by atoms with van der Waals surface area (Å²) in [5.74, 6) is -0.397. The van der Waals surface area contributed by atoms with E-state index in [0.717, 1.165) is 17.7 Å². The molecule has 1 heterocycles. The molecule has 1 rings (SSSR count). The van der Waals surface area contributed by atoms with Crippen LogP contribution in [0.3, 0.4) is 0 Å². The van der Waals surface area contributed by atoms with Gasteiger partial charge in [-0.1, -0.05) is 13.8 Å². The fourth-order valence-electron chi connectivity index (χ4n) is 1.52. The van der Waals surface area contributed by atoms with E-state index in [1.807, 2.05) is 13.8 Å². The van der Waals surface area contributed by atoms with Crippen molar-refractivity contribution < 1.29 is 9.90 Å². The Kier molecular flexibility index (Phi) is 5.11. The fraction of sp³-hybridized carbons (Fsp3) is 0.583. The molecule has 0 spiro atoms. The number of carbonyl (C=O) groups excluding carboxylic acids is 1. The van der Waals surface area contributed by atoms with Gasteiger partial charge in [-0.2, -0.15) is 0 Å². The lowest BCUT2D eigenvalue weighted by Gasteiger charge is -2.25. The third-order valence-corrected chi connectivity index (χ3v) is 3.94. The van der Waals surface area contributed by atoms with E-state index in [-0.39, 0.29) is 0 Å². The van der Waals surface area contributed by atoms with Crippen molar-refractivity contribution in [1.82, 2.24) is 5.32 Å². The molecule has 17 heavy (non-hydrogen) atoms. The number of thiophene rings is 1. The predicted molar refractivity (Wildman–Crippen MR) is 70.1 cm³/mol. The van der Waals surface area contributed by atoms with Crippen LogP contribution in [0.25, 0.3) is 0 Å². The van der Waals surface area contributed by atoms with Gasteiger partial charge in [0.2, 0.25) is 5.91 Å². The summed E-state index contributed by atoms with van der Waals surface area (Å²) < 4.78 is 0. The molecule has 0 atom stereocenters. The third kappa shape index (κ3) is 4.11. The molecule has 0 radical (unpaired) electrons. The molecule has 0 aliphatic heterocycles. The summed E-state index contributed by atoms with van der Waals surface area (Å²) in [6, 6.07) is 1.79. The molecule has 0 saturated carbocycles. The summed E-state index contributed by atoms with van der Waals surface area (Å²) in [4.78, 5) is 12.0. The van der Waals surface area contributed by atoms with Gasteiger partial charge in [0.15, 0.2) is 0 Å². The van der Waals surface area contributed by atoms with Crippen LogP contribution in [-0.2, 0) is 6.54 Å². The van der Waals surface area contributed by atoms with Crippen LogP contribution in [0.2, 0.25) is 0 Å². The Balaban J connectivity index is 2.43. The molecule has 0 bridgehead atoms. The highest BCUT2D eigenvalue weighted by atomic mass is 32.1. The summed E-state index contributed by atoms with van der Waals surface area (Å²) in [5, 5.41) is 15.0. The molecule has 0 aromatic carbocycles. The van der Waals surface area contributed by atoms with Gasteiger partial charge >= 0.3 is 0 Å². The summed E-state index contributed by atoms with van der Waals surface area (Å²) >= 11 is 1.50. The SMILES string of the molecule is CCC(O)(CC)CNCc1cc(C(N)=O)cs1. The molecule has 0 aliphatic carbocycles. The highest BCUT2D eigenvalue weighted by Crippen LogP contribution is 2.16. The van der Waals surface area contributed by atoms with Crippen molar-refractivity contribution in [3.8, 4) is 0 Å². The molecule has 0 saturated heterocycles. The first kappa shape index (κ1) is 14.2. The minimum Gasteiger partial charge on any atom is -0.389 e. The van der Waals surface area contributed by atoms with Gasteiger partial charge in [-0.25, -0.2) is 0 Å². The monoisotopic (exact) mass is 256 g/mol. The summed E-state index contributed by atoms with van der Waals surface area (Å²) in [6.45, 7) is 5.16. The second kappa shape index (κ2) is 6.14. The van der Waals surface area contributed by atoms with Crippen molar-refractivity contribution in [2.45, 2.75) is 38.8 Å². The normalized spacial score (nSPS) is 11.7. The number of nitrogens with one attached hydrogen (secondary N) is 1. The molecule has 0 aliphatic rings. The van der Waals surface area contributed by atoms with E-state index < -0.39 is 11.5 Å². The van der Waals surface area contributed by atoms with E-state index in [4.69, 9.17) is 5.73 Å². The number of nitrogens with two attached hydrogens (primary N) is 1. The van der Waals surface area contributed by atoms with Crippen LogP contribution >= 0.6 is 11.3 Å². The number of hydrogen-bond donors (Lipinski definition) is 3. The standard InChI is InChI=1S/C12H20N2O2S/c1-3-12(16,4-2)8-14-6-10-5-9(7-17-10)11(13)15/h5,7,14,16H,3-4,6,8H2,1-2H3,(H2,13,15). The van der Waals surface area contributed by atoms with Crippen LogP contribution in [-0.4, -0.2) is 23.2 Å². The number of primary amides is 1. The molecular weight excluding hydrogens is 236 g/mol. The molecule has 0 fully saturated rings. The Labute approximate surface area is 106 Å². The van der Waals surface area contributed by atoms with Gasteiger partial charge in [0, 0.05) is 23.3 Å². The van der Waals surface area contributed by atoms with Crippen molar-refractivity contribution in [3.05, 3.63) is 21.9 Å². The fourth-order valence-corrected chi connectivity index (χ4v) is 2.36. The smallest absolute Gasteiger partial charge is 0.249 e. The van der Waals surface area contributed by atoms with Gasteiger partial charge < -0.3 is 16.2 Å². The minimum atomic E-state index is -0.635. The van der Waals surface area contributed by atoms with Gasteiger partial charge in [0.25, 0.3) is 0 Å². The van der Waals surface area contributed by atoms with E-state index in [0.29, 0.717) is 18.7 Å². The zero-order valence-electron chi connectivity index (χ0n) is 10.3. The van der Waals surface area contributed by atoms with Crippen LogP contribution in [0, 0.1) is 0 Å². The molecule has 4 N–H and O–H groups in total. The Morgan fingerprint density at radius 3 is 2.65 bits per heavy atom. The number of aliphatic hydroxyl groups is 1. The Morgan fingerprint density at radius 2 is 2.18 bits per heavy atom. The largest absolute Gasteiger partial charge is 0.389 e. The van der Waals surface area contributed by atoms with Crippen molar-refractivity contribution in [1.29, 1.82) is 0 Å². The van der Waals surface area contributed by atoms with Crippen LogP contribution in [0.1, 0.15) is 41.9 Å². The van der Waals surface area contributed by atoms with Gasteiger partial charge in [0.05, 0.1) is 11.2 Å². The van der Waals surface area contributed by atoms with Crippen molar-refractivity contribution in [2.75, 3.05) is 6.54 Å². The number of amides is 1. The second-order valence-electron chi connectivity index (χ2n) is 4.20. The lowest BCUT2D eigenvalue weighted by atomic mass is 9.98. The van der Waals surface area contributed by atoms with E-state index in [1.54, 1.807) is 11.4 Å². The van der Waals surface area contributed by atoms with Crippen LogP contribution in [0.15, 0.2) is 11.4 Å². The Hall–Kier alpha value is -0.910. The highest BCUT2D eigenvalue weighted by Gasteiger charge is 2.21.